The Balaban J connectivity index is 1.35. The highest BCUT2D eigenvalue weighted by molar-refractivity contribution is 6.34. The van der Waals surface area contributed by atoms with Crippen molar-refractivity contribution in [3.8, 4) is 0 Å². The lowest BCUT2D eigenvalue weighted by Crippen LogP contribution is -2.07. The Morgan fingerprint density at radius 2 is 2.05 bits per heavy atom. The van der Waals surface area contributed by atoms with Gasteiger partial charge in [0.25, 0.3) is 0 Å². The van der Waals surface area contributed by atoms with Crippen LogP contribution in [0.4, 0.5) is 0 Å². The third-order valence-corrected chi connectivity index (χ3v) is 6.37. The SMILES string of the molecule is CC1(C)[C@@H]2CC(CCCn3cnc4cccc(Cl)c43)C[C@@H]21. The highest BCUT2D eigenvalue weighted by Gasteiger charge is 2.61. The lowest BCUT2D eigenvalue weighted by molar-refractivity contribution is 0.348. The van der Waals surface area contributed by atoms with Gasteiger partial charge < -0.3 is 4.57 Å². The summed E-state index contributed by atoms with van der Waals surface area (Å²) < 4.78 is 2.22. The second kappa shape index (κ2) is 4.74. The number of nitrogens with zero attached hydrogens (tertiary/aromatic N) is 2. The molecule has 0 amide bonds. The molecule has 2 nitrogen and oxygen atoms in total. The average Bonchev–Trinajstić information content (AvgIpc) is 2.87. The molecule has 2 saturated carbocycles. The minimum Gasteiger partial charge on any atom is -0.329 e. The summed E-state index contributed by atoms with van der Waals surface area (Å²) in [6.45, 7) is 5.92. The fraction of sp³-hybridized carbons (Fsp3) is 0.611. The van der Waals surface area contributed by atoms with Gasteiger partial charge in [-0.25, -0.2) is 4.98 Å². The third kappa shape index (κ3) is 2.19. The standard InChI is InChI=1S/C18H23ClN2/c1-18(2)13-9-12(10-14(13)18)5-4-8-21-11-20-16-7-3-6-15(19)17(16)21/h3,6-7,11-14H,4-5,8-10H2,1-2H3/t12?,13-,14+. The fourth-order valence-corrected chi connectivity index (χ4v) is 4.92. The summed E-state index contributed by atoms with van der Waals surface area (Å²) in [5.74, 6) is 3.00. The van der Waals surface area contributed by atoms with Gasteiger partial charge in [0.15, 0.2) is 0 Å². The van der Waals surface area contributed by atoms with E-state index in [0.29, 0.717) is 5.41 Å². The Hall–Kier alpha value is -1.02. The maximum absolute atomic E-state index is 6.31. The molecule has 2 aliphatic carbocycles. The van der Waals surface area contributed by atoms with Crippen molar-refractivity contribution in [1.29, 1.82) is 0 Å². The normalized spacial score (nSPS) is 29.8. The Kier molecular flexibility index (Phi) is 3.08. The molecule has 4 rings (SSSR count). The molecule has 0 spiro atoms. The van der Waals surface area contributed by atoms with Crippen LogP contribution >= 0.6 is 11.6 Å². The van der Waals surface area contributed by atoms with E-state index in [0.717, 1.165) is 40.4 Å². The van der Waals surface area contributed by atoms with E-state index in [1.165, 1.54) is 25.7 Å². The maximum atomic E-state index is 6.31. The predicted octanol–water partition coefficient (Wildman–Crippen LogP) is 5.15. The van der Waals surface area contributed by atoms with Gasteiger partial charge in [-0.05, 0) is 61.0 Å². The van der Waals surface area contributed by atoms with Crippen LogP contribution in [0.25, 0.3) is 11.0 Å². The number of benzene rings is 1. The second-order valence-electron chi connectivity index (χ2n) is 7.56. The van der Waals surface area contributed by atoms with Crippen molar-refractivity contribution in [1.82, 2.24) is 9.55 Å². The Labute approximate surface area is 131 Å². The first-order chi connectivity index (χ1) is 10.1. The summed E-state index contributed by atoms with van der Waals surface area (Å²) in [4.78, 5) is 4.45. The van der Waals surface area contributed by atoms with Gasteiger partial charge >= 0.3 is 0 Å². The van der Waals surface area contributed by atoms with Crippen LogP contribution in [-0.4, -0.2) is 9.55 Å². The van der Waals surface area contributed by atoms with E-state index >= 15 is 0 Å². The summed E-state index contributed by atoms with van der Waals surface area (Å²) in [6, 6.07) is 5.95. The van der Waals surface area contributed by atoms with Crippen LogP contribution in [0.15, 0.2) is 24.5 Å². The van der Waals surface area contributed by atoms with Crippen molar-refractivity contribution < 1.29 is 0 Å². The van der Waals surface area contributed by atoms with Gasteiger partial charge in [0, 0.05) is 6.54 Å². The van der Waals surface area contributed by atoms with E-state index in [-0.39, 0.29) is 0 Å². The van der Waals surface area contributed by atoms with Gasteiger partial charge in [-0.3, -0.25) is 0 Å². The smallest absolute Gasteiger partial charge is 0.0958 e. The number of aryl methyl sites for hydroxylation is 1. The van der Waals surface area contributed by atoms with Crippen molar-refractivity contribution >= 4 is 22.6 Å². The number of hydrogen-bond acceptors (Lipinski definition) is 1. The number of imidazole rings is 1. The Morgan fingerprint density at radius 3 is 2.81 bits per heavy atom. The van der Waals surface area contributed by atoms with E-state index < -0.39 is 0 Å². The first kappa shape index (κ1) is 13.6. The largest absolute Gasteiger partial charge is 0.329 e. The minimum atomic E-state index is 0.657. The maximum Gasteiger partial charge on any atom is 0.0958 e. The molecule has 21 heavy (non-hydrogen) atoms. The Morgan fingerprint density at radius 1 is 1.29 bits per heavy atom. The van der Waals surface area contributed by atoms with Gasteiger partial charge in [0.05, 0.1) is 22.4 Å². The lowest BCUT2D eigenvalue weighted by Gasteiger charge is -2.17. The first-order valence-corrected chi connectivity index (χ1v) is 8.54. The molecule has 2 fully saturated rings. The molecule has 0 radical (unpaired) electrons. The van der Waals surface area contributed by atoms with Crippen LogP contribution in [-0.2, 0) is 6.54 Å². The van der Waals surface area contributed by atoms with Crippen molar-refractivity contribution in [2.45, 2.75) is 46.1 Å². The highest BCUT2D eigenvalue weighted by Crippen LogP contribution is 2.68. The molecule has 3 atom stereocenters. The molecule has 0 bridgehead atoms. The zero-order valence-electron chi connectivity index (χ0n) is 12.8. The van der Waals surface area contributed by atoms with Crippen molar-refractivity contribution in [3.05, 3.63) is 29.5 Å². The molecule has 112 valence electrons. The fourth-order valence-electron chi connectivity index (χ4n) is 4.65. The molecule has 1 aromatic heterocycles. The van der Waals surface area contributed by atoms with E-state index in [2.05, 4.69) is 23.4 Å². The monoisotopic (exact) mass is 302 g/mol. The number of fused-ring (bicyclic) bond motifs is 2. The average molecular weight is 303 g/mol. The van der Waals surface area contributed by atoms with Crippen molar-refractivity contribution in [3.63, 3.8) is 0 Å². The molecule has 0 aliphatic heterocycles. The summed E-state index contributed by atoms with van der Waals surface area (Å²) in [7, 11) is 0. The number of halogens is 1. The number of rotatable bonds is 4. The highest BCUT2D eigenvalue weighted by atomic mass is 35.5. The van der Waals surface area contributed by atoms with E-state index in [9.17, 15) is 0 Å². The summed E-state index contributed by atoms with van der Waals surface area (Å²) in [6.07, 6.45) is 7.45. The van der Waals surface area contributed by atoms with Crippen LogP contribution in [0, 0.1) is 23.2 Å². The second-order valence-corrected chi connectivity index (χ2v) is 7.97. The molecule has 0 N–H and O–H groups in total. The van der Waals surface area contributed by atoms with E-state index in [1.807, 2.05) is 24.5 Å². The Bertz CT molecular complexity index is 659. The lowest BCUT2D eigenvalue weighted by atomic mass is 9.90. The number of aromatic nitrogens is 2. The van der Waals surface area contributed by atoms with Crippen molar-refractivity contribution in [2.75, 3.05) is 0 Å². The van der Waals surface area contributed by atoms with E-state index in [4.69, 9.17) is 11.6 Å². The first-order valence-electron chi connectivity index (χ1n) is 8.16. The molecule has 3 heteroatoms. The van der Waals surface area contributed by atoms with E-state index in [1.54, 1.807) is 0 Å². The van der Waals surface area contributed by atoms with Crippen LogP contribution in [0.3, 0.4) is 0 Å². The predicted molar refractivity (Wildman–Crippen MR) is 87.5 cm³/mol. The van der Waals surface area contributed by atoms with Crippen LogP contribution in [0.5, 0.6) is 0 Å². The molecule has 1 unspecified atom stereocenters. The van der Waals surface area contributed by atoms with Gasteiger partial charge in [-0.2, -0.15) is 0 Å². The van der Waals surface area contributed by atoms with Crippen LogP contribution in [0.2, 0.25) is 5.02 Å². The van der Waals surface area contributed by atoms with Gasteiger partial charge in [-0.1, -0.05) is 31.5 Å². The topological polar surface area (TPSA) is 17.8 Å². The zero-order valence-corrected chi connectivity index (χ0v) is 13.6. The van der Waals surface area contributed by atoms with Gasteiger partial charge in [-0.15, -0.1) is 0 Å². The van der Waals surface area contributed by atoms with Gasteiger partial charge in [0.2, 0.25) is 0 Å². The summed E-state index contributed by atoms with van der Waals surface area (Å²) >= 11 is 6.31. The number of hydrogen-bond donors (Lipinski definition) is 0. The number of para-hydroxylation sites is 1. The molecule has 0 saturated heterocycles. The van der Waals surface area contributed by atoms with Crippen molar-refractivity contribution in [2.24, 2.45) is 23.2 Å². The summed E-state index contributed by atoms with van der Waals surface area (Å²) in [5, 5.41) is 0.814. The quantitative estimate of drug-likeness (QED) is 0.763. The van der Waals surface area contributed by atoms with Crippen LogP contribution in [0.1, 0.15) is 39.5 Å². The van der Waals surface area contributed by atoms with Gasteiger partial charge in [0.1, 0.15) is 0 Å². The zero-order chi connectivity index (χ0) is 14.6. The molecular formula is C18H23ClN2. The van der Waals surface area contributed by atoms with Crippen LogP contribution < -0.4 is 0 Å². The summed E-state index contributed by atoms with van der Waals surface area (Å²) in [5.41, 5.74) is 2.76. The molecule has 1 aromatic carbocycles. The minimum absolute atomic E-state index is 0.657. The molecular weight excluding hydrogens is 280 g/mol. The third-order valence-electron chi connectivity index (χ3n) is 6.06. The molecule has 2 aromatic rings. The molecule has 1 heterocycles. The molecule has 2 aliphatic rings.